The molecule has 1 aromatic heterocycles. The van der Waals surface area contributed by atoms with Crippen LogP contribution >= 0.6 is 0 Å². The average molecular weight is 390 g/mol. The highest BCUT2D eigenvalue weighted by atomic mass is 16.7. The van der Waals surface area contributed by atoms with Gasteiger partial charge in [-0.2, -0.15) is 0 Å². The highest BCUT2D eigenvalue weighted by Crippen LogP contribution is 2.32. The third-order valence-corrected chi connectivity index (χ3v) is 4.93. The minimum absolute atomic E-state index is 0.205. The fourth-order valence-electron chi connectivity index (χ4n) is 3.45. The molecule has 146 valence electrons. The lowest BCUT2D eigenvalue weighted by atomic mass is 9.90. The van der Waals surface area contributed by atoms with Gasteiger partial charge in [0, 0.05) is 23.4 Å². The number of hydrogen-bond acceptors (Lipinski definition) is 6. The van der Waals surface area contributed by atoms with Crippen molar-refractivity contribution in [3.63, 3.8) is 0 Å². The molecule has 7 nitrogen and oxygen atoms in total. The molecule has 2 aromatic carbocycles. The number of aryl methyl sites for hydroxylation is 2. The Balaban J connectivity index is 1.91. The molecule has 1 N–H and O–H groups in total. The predicted octanol–water partition coefficient (Wildman–Crippen LogP) is 2.96. The standard InChI is InChI=1S/C22H18N2O5/c1-13-7-8-15-5-3-4-6-16(15)20(13)21(27)22(11-17-14(2)23-12-24-17)28-18(25)9-10-19(26)29-22/h3-10,12H,11H2,1-2H3,(H,23,24). The summed E-state index contributed by atoms with van der Waals surface area (Å²) >= 11 is 0. The third kappa shape index (κ3) is 3.31. The minimum Gasteiger partial charge on any atom is -0.411 e. The van der Waals surface area contributed by atoms with Gasteiger partial charge in [0.2, 0.25) is 5.78 Å². The molecule has 0 spiro atoms. The molecule has 1 aliphatic heterocycles. The van der Waals surface area contributed by atoms with E-state index in [0.29, 0.717) is 27.9 Å². The van der Waals surface area contributed by atoms with Crippen molar-refractivity contribution in [2.45, 2.75) is 26.1 Å². The summed E-state index contributed by atoms with van der Waals surface area (Å²) in [6.07, 6.45) is 3.16. The maximum atomic E-state index is 13.8. The molecule has 2 heterocycles. The molecule has 0 unspecified atom stereocenters. The molecule has 0 bridgehead atoms. The van der Waals surface area contributed by atoms with Crippen LogP contribution in [0.5, 0.6) is 0 Å². The second kappa shape index (κ2) is 7.01. The van der Waals surface area contributed by atoms with Crippen LogP contribution in [0.1, 0.15) is 27.3 Å². The number of Topliss-reactive ketones (excluding diaryl/α,β-unsaturated/α-hetero) is 1. The Morgan fingerprint density at radius 1 is 1.03 bits per heavy atom. The van der Waals surface area contributed by atoms with Crippen molar-refractivity contribution in [3.8, 4) is 0 Å². The van der Waals surface area contributed by atoms with Gasteiger partial charge in [-0.3, -0.25) is 4.79 Å². The number of nitrogens with zero attached hydrogens (tertiary/aromatic N) is 1. The second-order valence-corrected chi connectivity index (χ2v) is 6.89. The second-order valence-electron chi connectivity index (χ2n) is 6.89. The Labute approximate surface area is 166 Å². The minimum atomic E-state index is -2.16. The fourth-order valence-corrected chi connectivity index (χ4v) is 3.45. The van der Waals surface area contributed by atoms with Gasteiger partial charge in [-0.1, -0.05) is 36.4 Å². The Morgan fingerprint density at radius 2 is 1.72 bits per heavy atom. The van der Waals surface area contributed by atoms with Crippen molar-refractivity contribution < 1.29 is 23.9 Å². The molecule has 0 saturated heterocycles. The zero-order valence-electron chi connectivity index (χ0n) is 15.9. The summed E-state index contributed by atoms with van der Waals surface area (Å²) in [4.78, 5) is 45.4. The lowest BCUT2D eigenvalue weighted by Gasteiger charge is -2.30. The fraction of sp³-hybridized carbons (Fsp3) is 0.182. The van der Waals surface area contributed by atoms with E-state index in [9.17, 15) is 14.4 Å². The van der Waals surface area contributed by atoms with Crippen molar-refractivity contribution in [2.24, 2.45) is 0 Å². The number of cyclic esters (lactones) is 2. The number of imidazole rings is 1. The molecule has 0 atom stereocenters. The van der Waals surface area contributed by atoms with Crippen LogP contribution in [0.25, 0.3) is 10.8 Å². The van der Waals surface area contributed by atoms with Crippen LogP contribution in [0.15, 0.2) is 54.9 Å². The van der Waals surface area contributed by atoms with Gasteiger partial charge in [-0.25, -0.2) is 14.6 Å². The number of carbonyl (C=O) groups excluding carboxylic acids is 3. The van der Waals surface area contributed by atoms with Crippen LogP contribution in [0, 0.1) is 13.8 Å². The number of nitrogens with one attached hydrogen (secondary N) is 1. The van der Waals surface area contributed by atoms with Crippen molar-refractivity contribution >= 4 is 28.5 Å². The summed E-state index contributed by atoms with van der Waals surface area (Å²) in [7, 11) is 0. The zero-order chi connectivity index (χ0) is 20.6. The van der Waals surface area contributed by atoms with E-state index in [2.05, 4.69) is 9.97 Å². The SMILES string of the molecule is Cc1ccc2ccccc2c1C(=O)C1(Cc2nc[nH]c2C)OC(=O)C=CC(=O)O1. The first kappa shape index (κ1) is 18.6. The summed E-state index contributed by atoms with van der Waals surface area (Å²) in [5.41, 5.74) is 2.14. The van der Waals surface area contributed by atoms with E-state index in [4.69, 9.17) is 9.47 Å². The first-order valence-corrected chi connectivity index (χ1v) is 9.06. The number of ketones is 1. The molecule has 1 aliphatic rings. The molecule has 0 aliphatic carbocycles. The highest BCUT2D eigenvalue weighted by Gasteiger charge is 2.49. The van der Waals surface area contributed by atoms with Gasteiger partial charge in [0.1, 0.15) is 0 Å². The average Bonchev–Trinajstić information content (AvgIpc) is 3.02. The largest absolute Gasteiger partial charge is 0.411 e. The van der Waals surface area contributed by atoms with E-state index in [1.165, 1.54) is 6.33 Å². The van der Waals surface area contributed by atoms with Crippen molar-refractivity contribution in [3.05, 3.63) is 77.4 Å². The van der Waals surface area contributed by atoms with E-state index in [-0.39, 0.29) is 6.42 Å². The van der Waals surface area contributed by atoms with Crippen molar-refractivity contribution in [1.29, 1.82) is 0 Å². The molecular weight excluding hydrogens is 372 g/mol. The zero-order valence-corrected chi connectivity index (χ0v) is 15.9. The Bertz CT molecular complexity index is 1150. The predicted molar refractivity (Wildman–Crippen MR) is 104 cm³/mol. The number of carbonyl (C=O) groups is 3. The van der Waals surface area contributed by atoms with E-state index >= 15 is 0 Å². The number of esters is 2. The van der Waals surface area contributed by atoms with E-state index in [0.717, 1.165) is 17.5 Å². The van der Waals surface area contributed by atoms with Crippen LogP contribution in [-0.2, 0) is 25.5 Å². The van der Waals surface area contributed by atoms with Crippen molar-refractivity contribution in [2.75, 3.05) is 0 Å². The number of hydrogen-bond donors (Lipinski definition) is 1. The van der Waals surface area contributed by atoms with Gasteiger partial charge in [0.15, 0.2) is 0 Å². The smallest absolute Gasteiger partial charge is 0.334 e. The molecule has 0 fully saturated rings. The number of ether oxygens (including phenoxy) is 2. The number of aromatic nitrogens is 2. The first-order valence-electron chi connectivity index (χ1n) is 9.06. The summed E-state index contributed by atoms with van der Waals surface area (Å²) in [5, 5.41) is 1.52. The van der Waals surface area contributed by atoms with Crippen LogP contribution in [0.4, 0.5) is 0 Å². The van der Waals surface area contributed by atoms with Crippen LogP contribution in [-0.4, -0.2) is 33.5 Å². The van der Waals surface area contributed by atoms with E-state index < -0.39 is 23.5 Å². The maximum Gasteiger partial charge on any atom is 0.334 e. The lowest BCUT2D eigenvalue weighted by molar-refractivity contribution is -0.201. The van der Waals surface area contributed by atoms with Crippen LogP contribution in [0.2, 0.25) is 0 Å². The van der Waals surface area contributed by atoms with Gasteiger partial charge in [0.25, 0.3) is 0 Å². The monoisotopic (exact) mass is 390 g/mol. The summed E-state index contributed by atoms with van der Waals surface area (Å²) in [5.74, 6) is -4.45. The van der Waals surface area contributed by atoms with Gasteiger partial charge >= 0.3 is 17.7 Å². The molecular formula is C22H18N2O5. The summed E-state index contributed by atoms with van der Waals surface area (Å²) in [6, 6.07) is 11.1. The topological polar surface area (TPSA) is 98.4 Å². The Morgan fingerprint density at radius 3 is 2.38 bits per heavy atom. The third-order valence-electron chi connectivity index (χ3n) is 4.93. The van der Waals surface area contributed by atoms with Crippen molar-refractivity contribution in [1.82, 2.24) is 9.97 Å². The number of benzene rings is 2. The quantitative estimate of drug-likeness (QED) is 0.543. The van der Waals surface area contributed by atoms with Crippen LogP contribution in [0.3, 0.4) is 0 Å². The summed E-state index contributed by atoms with van der Waals surface area (Å²) in [6.45, 7) is 3.55. The molecule has 0 radical (unpaired) electrons. The van der Waals surface area contributed by atoms with E-state index in [1.54, 1.807) is 13.8 Å². The molecule has 0 saturated carbocycles. The highest BCUT2D eigenvalue weighted by molar-refractivity contribution is 6.14. The molecule has 7 heteroatoms. The van der Waals surface area contributed by atoms with E-state index in [1.807, 2.05) is 36.4 Å². The van der Waals surface area contributed by atoms with Gasteiger partial charge in [-0.05, 0) is 30.2 Å². The lowest BCUT2D eigenvalue weighted by Crippen LogP contribution is -2.48. The Hall–Kier alpha value is -3.74. The van der Waals surface area contributed by atoms with Gasteiger partial charge in [-0.15, -0.1) is 0 Å². The number of H-pyrrole nitrogens is 1. The number of fused-ring (bicyclic) bond motifs is 1. The molecule has 29 heavy (non-hydrogen) atoms. The van der Waals surface area contributed by atoms with Gasteiger partial charge in [0.05, 0.1) is 18.4 Å². The Kier molecular flexibility index (Phi) is 4.50. The normalized spacial score (nSPS) is 15.7. The first-order chi connectivity index (χ1) is 13.9. The maximum absolute atomic E-state index is 13.8. The molecule has 0 amide bonds. The van der Waals surface area contributed by atoms with Crippen LogP contribution < -0.4 is 0 Å². The summed E-state index contributed by atoms with van der Waals surface area (Å²) < 4.78 is 10.9. The van der Waals surface area contributed by atoms with Gasteiger partial charge < -0.3 is 14.5 Å². The molecule has 3 aromatic rings. The number of aromatic amines is 1. The number of rotatable bonds is 4. The molecule has 4 rings (SSSR count).